The molecule has 0 radical (unpaired) electrons. The van der Waals surface area contributed by atoms with Crippen molar-refractivity contribution < 1.29 is 27.0 Å². The smallest absolute Gasteiger partial charge is 0.387 e. The number of nitrogens with zero attached hydrogens (tertiary/aromatic N) is 3. The maximum atomic E-state index is 12.9. The van der Waals surface area contributed by atoms with Crippen LogP contribution in [0.15, 0.2) is 47.5 Å². The van der Waals surface area contributed by atoms with Crippen molar-refractivity contribution in [2.45, 2.75) is 19.4 Å². The normalized spacial score (nSPS) is 16.1. The Hall–Kier alpha value is -3.50. The largest absolute Gasteiger partial charge is 0.435 e. The van der Waals surface area contributed by atoms with Crippen LogP contribution >= 0.6 is 0 Å². The SMILES string of the molecule is NC1=N[C@H](c2ccc(OC(F)F)cc2OC(F)F)n2c(nc3ccccc32)N1. The Morgan fingerprint density at radius 3 is 2.54 bits per heavy atom. The fourth-order valence-electron chi connectivity index (χ4n) is 3.03. The van der Waals surface area contributed by atoms with E-state index in [2.05, 4.69) is 24.8 Å². The molecule has 1 aliphatic rings. The zero-order chi connectivity index (χ0) is 19.8. The molecule has 2 heterocycles. The van der Waals surface area contributed by atoms with Gasteiger partial charge in [0.2, 0.25) is 5.95 Å². The fraction of sp³-hybridized carbons (Fsp3) is 0.176. The van der Waals surface area contributed by atoms with Crippen molar-refractivity contribution >= 4 is 22.9 Å². The number of nitrogens with one attached hydrogen (secondary N) is 1. The van der Waals surface area contributed by atoms with Crippen LogP contribution in [0.1, 0.15) is 11.7 Å². The molecule has 146 valence electrons. The van der Waals surface area contributed by atoms with E-state index < -0.39 is 19.4 Å². The summed E-state index contributed by atoms with van der Waals surface area (Å²) in [6.45, 7) is -6.29. The quantitative estimate of drug-likeness (QED) is 0.646. The number of imidazole rings is 1. The summed E-state index contributed by atoms with van der Waals surface area (Å²) in [5, 5.41) is 2.81. The number of aromatic nitrogens is 2. The second-order valence-electron chi connectivity index (χ2n) is 5.76. The molecule has 11 heteroatoms. The first-order chi connectivity index (χ1) is 13.4. The third kappa shape index (κ3) is 3.26. The molecule has 2 aromatic carbocycles. The van der Waals surface area contributed by atoms with Gasteiger partial charge in [0.25, 0.3) is 0 Å². The monoisotopic (exact) mass is 395 g/mol. The first kappa shape index (κ1) is 17.9. The number of rotatable bonds is 5. The van der Waals surface area contributed by atoms with Crippen molar-refractivity contribution in [2.24, 2.45) is 10.7 Å². The van der Waals surface area contributed by atoms with Crippen molar-refractivity contribution in [2.75, 3.05) is 5.32 Å². The molecule has 0 unspecified atom stereocenters. The second-order valence-corrected chi connectivity index (χ2v) is 5.76. The van der Waals surface area contributed by atoms with Crippen LogP contribution in [0.25, 0.3) is 11.0 Å². The summed E-state index contributed by atoms with van der Waals surface area (Å²) < 4.78 is 61.3. The lowest BCUT2D eigenvalue weighted by Crippen LogP contribution is -2.31. The number of halogens is 4. The lowest BCUT2D eigenvalue weighted by atomic mass is 10.1. The summed E-state index contributed by atoms with van der Waals surface area (Å²) in [5.41, 5.74) is 7.30. The van der Waals surface area contributed by atoms with Gasteiger partial charge in [0.05, 0.1) is 11.0 Å². The minimum Gasteiger partial charge on any atom is -0.435 e. The van der Waals surface area contributed by atoms with E-state index in [1.54, 1.807) is 28.8 Å². The number of hydrogen-bond acceptors (Lipinski definition) is 6. The highest BCUT2D eigenvalue weighted by Gasteiger charge is 2.28. The maximum absolute atomic E-state index is 12.9. The fourth-order valence-corrected chi connectivity index (χ4v) is 3.03. The number of benzene rings is 2. The van der Waals surface area contributed by atoms with Crippen LogP contribution in [0.5, 0.6) is 11.5 Å². The molecule has 1 aromatic heterocycles. The number of nitrogens with two attached hydrogens (primary N) is 1. The molecule has 0 bridgehead atoms. The zero-order valence-corrected chi connectivity index (χ0v) is 14.0. The maximum Gasteiger partial charge on any atom is 0.387 e. The van der Waals surface area contributed by atoms with Gasteiger partial charge >= 0.3 is 13.2 Å². The van der Waals surface area contributed by atoms with E-state index >= 15 is 0 Å². The summed E-state index contributed by atoms with van der Waals surface area (Å²) in [4.78, 5) is 8.67. The topological polar surface area (TPSA) is 86.7 Å². The molecule has 4 rings (SSSR count). The third-order valence-corrected chi connectivity index (χ3v) is 4.05. The van der Waals surface area contributed by atoms with Crippen LogP contribution in [-0.2, 0) is 0 Å². The van der Waals surface area contributed by atoms with Crippen molar-refractivity contribution in [1.29, 1.82) is 0 Å². The van der Waals surface area contributed by atoms with E-state index in [0.29, 0.717) is 17.0 Å². The molecule has 0 fully saturated rings. The molecule has 3 N–H and O–H groups in total. The number of alkyl halides is 4. The summed E-state index contributed by atoms with van der Waals surface area (Å²) in [6, 6.07) is 10.6. The third-order valence-electron chi connectivity index (χ3n) is 4.05. The lowest BCUT2D eigenvalue weighted by Gasteiger charge is -2.25. The van der Waals surface area contributed by atoms with Crippen LogP contribution < -0.4 is 20.5 Å². The van der Waals surface area contributed by atoms with E-state index in [9.17, 15) is 17.6 Å². The van der Waals surface area contributed by atoms with Crippen molar-refractivity contribution in [3.8, 4) is 11.5 Å². The molecule has 7 nitrogen and oxygen atoms in total. The summed E-state index contributed by atoms with van der Waals surface area (Å²) in [6.07, 6.45) is -0.905. The first-order valence-electron chi connectivity index (χ1n) is 8.03. The van der Waals surface area contributed by atoms with Gasteiger partial charge in [-0.25, -0.2) is 9.98 Å². The Balaban J connectivity index is 1.87. The zero-order valence-electron chi connectivity index (χ0n) is 14.0. The number of fused-ring (bicyclic) bond motifs is 3. The number of ether oxygens (including phenoxy) is 2. The highest BCUT2D eigenvalue weighted by molar-refractivity contribution is 5.94. The Labute approximate surface area is 155 Å². The minimum absolute atomic E-state index is 0.0173. The highest BCUT2D eigenvalue weighted by Crippen LogP contribution is 2.38. The Bertz CT molecular complexity index is 1050. The van der Waals surface area contributed by atoms with Gasteiger partial charge < -0.3 is 15.2 Å². The number of guanidine groups is 1. The van der Waals surface area contributed by atoms with E-state index in [1.165, 1.54) is 12.1 Å². The van der Waals surface area contributed by atoms with Crippen LogP contribution in [0.3, 0.4) is 0 Å². The van der Waals surface area contributed by atoms with Gasteiger partial charge in [-0.05, 0) is 24.3 Å². The van der Waals surface area contributed by atoms with E-state index in [4.69, 9.17) is 5.73 Å². The number of hydrogen-bond donors (Lipinski definition) is 2. The molecule has 0 saturated carbocycles. The first-order valence-corrected chi connectivity index (χ1v) is 8.03. The van der Waals surface area contributed by atoms with Crippen molar-refractivity contribution in [3.63, 3.8) is 0 Å². The molecule has 28 heavy (non-hydrogen) atoms. The average Bonchev–Trinajstić information content (AvgIpc) is 2.98. The number of aliphatic imine (C=N–C) groups is 1. The van der Waals surface area contributed by atoms with Gasteiger partial charge in [-0.3, -0.25) is 9.88 Å². The van der Waals surface area contributed by atoms with Crippen molar-refractivity contribution in [3.05, 3.63) is 48.0 Å². The predicted molar refractivity (Wildman–Crippen MR) is 92.8 cm³/mol. The molecule has 0 spiro atoms. The molecule has 3 aromatic rings. The van der Waals surface area contributed by atoms with Crippen LogP contribution in [0, 0.1) is 0 Å². The van der Waals surface area contributed by atoms with Gasteiger partial charge in [0, 0.05) is 11.6 Å². The molecular formula is C17H13F4N5O2. The van der Waals surface area contributed by atoms with Crippen molar-refractivity contribution in [1.82, 2.24) is 9.55 Å². The molecule has 1 aliphatic heterocycles. The lowest BCUT2D eigenvalue weighted by molar-refractivity contribution is -0.0548. The van der Waals surface area contributed by atoms with E-state index in [0.717, 1.165) is 6.07 Å². The predicted octanol–water partition coefficient (Wildman–Crippen LogP) is 3.53. The Morgan fingerprint density at radius 1 is 1.04 bits per heavy atom. The Morgan fingerprint density at radius 2 is 1.79 bits per heavy atom. The molecule has 0 aliphatic carbocycles. The standard InChI is InChI=1S/C17H13F4N5O2/c18-14(19)27-8-5-6-9(12(7-8)28-15(20)21)13-24-16(22)25-17-23-10-3-1-2-4-11(10)26(13)17/h1-7,13-15H,(H3,22,23,24,25)/t13-/m0/s1. The van der Waals surface area contributed by atoms with Gasteiger partial charge in [0.1, 0.15) is 11.5 Å². The van der Waals surface area contributed by atoms with Crippen LogP contribution in [0.4, 0.5) is 23.5 Å². The molecule has 0 amide bonds. The van der Waals surface area contributed by atoms with Gasteiger partial charge in [-0.15, -0.1) is 0 Å². The summed E-state index contributed by atoms with van der Waals surface area (Å²) >= 11 is 0. The van der Waals surface area contributed by atoms with E-state index in [1.807, 2.05) is 0 Å². The van der Waals surface area contributed by atoms with Crippen LogP contribution in [-0.4, -0.2) is 28.7 Å². The Kier molecular flexibility index (Phi) is 4.41. The van der Waals surface area contributed by atoms with Gasteiger partial charge in [0.15, 0.2) is 12.1 Å². The molecular weight excluding hydrogens is 382 g/mol. The summed E-state index contributed by atoms with van der Waals surface area (Å²) in [7, 11) is 0. The van der Waals surface area contributed by atoms with E-state index in [-0.39, 0.29) is 23.0 Å². The number of para-hydroxylation sites is 2. The van der Waals surface area contributed by atoms with Gasteiger partial charge in [-0.1, -0.05) is 12.1 Å². The van der Waals surface area contributed by atoms with Gasteiger partial charge in [-0.2, -0.15) is 17.6 Å². The average molecular weight is 395 g/mol. The summed E-state index contributed by atoms with van der Waals surface area (Å²) in [5.74, 6) is -0.311. The molecule has 0 saturated heterocycles. The highest BCUT2D eigenvalue weighted by atomic mass is 19.3. The molecule has 1 atom stereocenters. The van der Waals surface area contributed by atoms with Crippen LogP contribution in [0.2, 0.25) is 0 Å². The second kappa shape index (κ2) is 6.91. The number of anilines is 1. The minimum atomic E-state index is -3.18.